The van der Waals surface area contributed by atoms with Gasteiger partial charge in [-0.3, -0.25) is 4.79 Å². The Morgan fingerprint density at radius 1 is 1.35 bits per heavy atom. The number of amides is 1. The lowest BCUT2D eigenvalue weighted by Gasteiger charge is -2.34. The summed E-state index contributed by atoms with van der Waals surface area (Å²) in [5, 5.41) is 5.56. The van der Waals surface area contributed by atoms with Gasteiger partial charge in [0.1, 0.15) is 4.88 Å². The molecule has 0 spiro atoms. The summed E-state index contributed by atoms with van der Waals surface area (Å²) in [6.07, 6.45) is 4.92. The van der Waals surface area contributed by atoms with Crippen LogP contribution in [0.5, 0.6) is 0 Å². The van der Waals surface area contributed by atoms with E-state index in [1.807, 2.05) is 16.3 Å². The van der Waals surface area contributed by atoms with Crippen molar-refractivity contribution < 1.29 is 4.79 Å². The summed E-state index contributed by atoms with van der Waals surface area (Å²) in [6.45, 7) is 2.99. The number of rotatable bonds is 2. The molecule has 2 saturated heterocycles. The van der Waals surface area contributed by atoms with Crippen molar-refractivity contribution in [1.29, 1.82) is 0 Å². The zero-order chi connectivity index (χ0) is 13.2. The lowest BCUT2D eigenvalue weighted by atomic mass is 9.88. The first-order chi connectivity index (χ1) is 9.25. The average Bonchev–Trinajstić information content (AvgIpc) is 3.09. The fourth-order valence-electron chi connectivity index (χ4n) is 3.21. The molecule has 1 N–H and O–H groups in total. The number of piperidine rings is 1. The first-order valence-electron chi connectivity index (χ1n) is 7.01. The molecule has 1 unspecified atom stereocenters. The molecule has 112 valence electrons. The van der Waals surface area contributed by atoms with E-state index in [2.05, 4.69) is 21.2 Å². The highest BCUT2D eigenvalue weighted by atomic mass is 79.9. The highest BCUT2D eigenvalue weighted by Crippen LogP contribution is 2.29. The molecule has 1 aromatic heterocycles. The van der Waals surface area contributed by atoms with Crippen molar-refractivity contribution in [2.45, 2.75) is 31.7 Å². The number of thiophene rings is 1. The molecule has 0 aliphatic carbocycles. The third-order valence-electron chi connectivity index (χ3n) is 4.31. The smallest absolute Gasteiger partial charge is 0.265 e. The molecule has 2 aliphatic heterocycles. The highest BCUT2D eigenvalue weighted by molar-refractivity contribution is 9.10. The van der Waals surface area contributed by atoms with Gasteiger partial charge in [-0.1, -0.05) is 0 Å². The van der Waals surface area contributed by atoms with Crippen LogP contribution in [-0.4, -0.2) is 36.5 Å². The Kier molecular flexibility index (Phi) is 5.90. The van der Waals surface area contributed by atoms with Crippen LogP contribution in [0.15, 0.2) is 15.9 Å². The number of halogens is 2. The summed E-state index contributed by atoms with van der Waals surface area (Å²) in [5.74, 6) is 0.957. The van der Waals surface area contributed by atoms with Crippen LogP contribution in [0.2, 0.25) is 0 Å². The number of carbonyl (C=O) groups excluding carboxylic acids is 1. The molecule has 0 saturated carbocycles. The zero-order valence-electron chi connectivity index (χ0n) is 11.3. The van der Waals surface area contributed by atoms with Gasteiger partial charge in [0, 0.05) is 23.6 Å². The van der Waals surface area contributed by atoms with E-state index in [0.29, 0.717) is 6.04 Å². The summed E-state index contributed by atoms with van der Waals surface area (Å²) < 4.78 is 0.932. The van der Waals surface area contributed by atoms with Crippen molar-refractivity contribution in [3.05, 3.63) is 20.8 Å². The van der Waals surface area contributed by atoms with E-state index in [0.717, 1.165) is 41.2 Å². The topological polar surface area (TPSA) is 32.3 Å². The van der Waals surface area contributed by atoms with Crippen LogP contribution in [0.4, 0.5) is 0 Å². The van der Waals surface area contributed by atoms with E-state index in [1.54, 1.807) is 0 Å². The fourth-order valence-corrected chi connectivity index (χ4v) is 4.72. The Morgan fingerprint density at radius 3 is 2.65 bits per heavy atom. The second kappa shape index (κ2) is 7.25. The summed E-state index contributed by atoms with van der Waals surface area (Å²) in [4.78, 5) is 15.3. The summed E-state index contributed by atoms with van der Waals surface area (Å²) in [7, 11) is 0. The van der Waals surface area contributed by atoms with Gasteiger partial charge < -0.3 is 10.2 Å². The number of carbonyl (C=O) groups is 1. The Balaban J connectivity index is 0.00000147. The molecule has 20 heavy (non-hydrogen) atoms. The van der Waals surface area contributed by atoms with Crippen molar-refractivity contribution in [3.63, 3.8) is 0 Å². The van der Waals surface area contributed by atoms with Crippen LogP contribution in [0, 0.1) is 5.92 Å². The van der Waals surface area contributed by atoms with Crippen LogP contribution >= 0.6 is 39.7 Å². The van der Waals surface area contributed by atoms with E-state index in [-0.39, 0.29) is 18.3 Å². The van der Waals surface area contributed by atoms with Gasteiger partial charge in [-0.05, 0) is 65.5 Å². The molecule has 3 nitrogen and oxygen atoms in total. The van der Waals surface area contributed by atoms with Gasteiger partial charge in [0.15, 0.2) is 0 Å². The molecule has 2 fully saturated rings. The first kappa shape index (κ1) is 16.3. The highest BCUT2D eigenvalue weighted by Gasteiger charge is 2.30. The summed E-state index contributed by atoms with van der Waals surface area (Å²) in [5.41, 5.74) is 0. The molecule has 3 rings (SSSR count). The maximum Gasteiger partial charge on any atom is 0.265 e. The quantitative estimate of drug-likeness (QED) is 0.852. The number of likely N-dealkylation sites (tertiary alicyclic amines) is 1. The van der Waals surface area contributed by atoms with Gasteiger partial charge >= 0.3 is 0 Å². The monoisotopic (exact) mass is 378 g/mol. The predicted octanol–water partition coefficient (Wildman–Crippen LogP) is 3.54. The third kappa shape index (κ3) is 3.38. The van der Waals surface area contributed by atoms with Crippen LogP contribution in [0.25, 0.3) is 0 Å². The minimum atomic E-state index is 0. The van der Waals surface area contributed by atoms with Gasteiger partial charge in [0.25, 0.3) is 5.91 Å². The largest absolute Gasteiger partial charge is 0.338 e. The lowest BCUT2D eigenvalue weighted by Crippen LogP contribution is -2.43. The fraction of sp³-hybridized carbons (Fsp3) is 0.643. The number of hydrogen-bond donors (Lipinski definition) is 1. The molecule has 1 aromatic rings. The maximum atomic E-state index is 12.4. The molecule has 0 aromatic carbocycles. The lowest BCUT2D eigenvalue weighted by molar-refractivity contribution is 0.0678. The Bertz CT molecular complexity index is 454. The van der Waals surface area contributed by atoms with E-state index in [1.165, 1.54) is 30.7 Å². The van der Waals surface area contributed by atoms with Gasteiger partial charge in [-0.25, -0.2) is 0 Å². The number of hydrogen-bond acceptors (Lipinski definition) is 3. The molecule has 1 amide bonds. The van der Waals surface area contributed by atoms with Crippen molar-refractivity contribution in [2.24, 2.45) is 5.92 Å². The predicted molar refractivity (Wildman–Crippen MR) is 88.9 cm³/mol. The summed E-state index contributed by atoms with van der Waals surface area (Å²) >= 11 is 4.98. The van der Waals surface area contributed by atoms with Gasteiger partial charge in [0.05, 0.1) is 0 Å². The average molecular weight is 380 g/mol. The van der Waals surface area contributed by atoms with Crippen LogP contribution in [0.1, 0.15) is 35.4 Å². The van der Waals surface area contributed by atoms with E-state index >= 15 is 0 Å². The van der Waals surface area contributed by atoms with Crippen LogP contribution in [-0.2, 0) is 0 Å². The molecular weight excluding hydrogens is 360 g/mol. The van der Waals surface area contributed by atoms with Gasteiger partial charge in [-0.2, -0.15) is 0 Å². The van der Waals surface area contributed by atoms with Gasteiger partial charge in [0.2, 0.25) is 0 Å². The Hall–Kier alpha value is -0.100. The van der Waals surface area contributed by atoms with Crippen molar-refractivity contribution in [3.8, 4) is 0 Å². The minimum Gasteiger partial charge on any atom is -0.338 e. The van der Waals surface area contributed by atoms with Crippen molar-refractivity contribution in [1.82, 2.24) is 10.2 Å². The van der Waals surface area contributed by atoms with Crippen molar-refractivity contribution >= 4 is 45.6 Å². The minimum absolute atomic E-state index is 0. The normalized spacial score (nSPS) is 23.6. The molecule has 2 aliphatic rings. The van der Waals surface area contributed by atoms with Gasteiger partial charge in [-0.15, -0.1) is 23.7 Å². The second-order valence-corrected chi connectivity index (χ2v) is 7.20. The maximum absolute atomic E-state index is 12.4. The van der Waals surface area contributed by atoms with E-state index in [4.69, 9.17) is 0 Å². The number of nitrogens with zero attached hydrogens (tertiary/aromatic N) is 1. The zero-order valence-corrected chi connectivity index (χ0v) is 14.5. The molecule has 0 bridgehead atoms. The third-order valence-corrected chi connectivity index (χ3v) is 6.13. The molecule has 1 atom stereocenters. The Morgan fingerprint density at radius 2 is 2.10 bits per heavy atom. The first-order valence-corrected chi connectivity index (χ1v) is 8.68. The van der Waals surface area contributed by atoms with E-state index < -0.39 is 0 Å². The van der Waals surface area contributed by atoms with Crippen molar-refractivity contribution in [2.75, 3.05) is 19.6 Å². The van der Waals surface area contributed by atoms with Crippen LogP contribution < -0.4 is 5.32 Å². The Labute approximate surface area is 138 Å². The molecular formula is C14H20BrClN2OS. The second-order valence-electron chi connectivity index (χ2n) is 5.43. The summed E-state index contributed by atoms with van der Waals surface area (Å²) in [6, 6.07) is 2.65. The standard InChI is InChI=1S/C14H19BrN2OS.ClH/c15-11-5-9-19-13(11)14(18)17-7-3-10(4-8-17)12-2-1-6-16-12;/h5,9-10,12,16H,1-4,6-8H2;1H. The number of nitrogens with one attached hydrogen (secondary N) is 1. The molecule has 3 heterocycles. The van der Waals surface area contributed by atoms with E-state index in [9.17, 15) is 4.79 Å². The van der Waals surface area contributed by atoms with Crippen LogP contribution in [0.3, 0.4) is 0 Å². The molecule has 0 radical (unpaired) electrons. The SMILES string of the molecule is Cl.O=C(c1sccc1Br)N1CCC(C2CCCN2)CC1. The molecule has 6 heteroatoms.